The van der Waals surface area contributed by atoms with Crippen molar-refractivity contribution in [2.45, 2.75) is 29.8 Å². The minimum atomic E-state index is -6.45. The number of rotatable bonds is 6. The second-order valence-electron chi connectivity index (χ2n) is 5.56. The minimum Gasteiger partial charge on any atom is -0.384 e. The number of alkyl halides is 4. The first-order chi connectivity index (χ1) is 12.5. The zero-order valence-corrected chi connectivity index (χ0v) is 15.1. The zero-order chi connectivity index (χ0) is 21.7. The second-order valence-corrected chi connectivity index (χ2v) is 9.42. The fraction of sp³-hybridized carbons (Fsp3) is 0.600. The van der Waals surface area contributed by atoms with E-state index in [-0.39, 0.29) is 10.4 Å². The Bertz CT molecular complexity index is 906. The number of aliphatic hydroxyl groups is 1. The summed E-state index contributed by atoms with van der Waals surface area (Å²) >= 11 is 0. The Balaban J connectivity index is 2.24. The van der Waals surface area contributed by atoms with Gasteiger partial charge in [0.2, 0.25) is 6.23 Å². The van der Waals surface area contributed by atoms with Gasteiger partial charge < -0.3 is 34.8 Å². The lowest BCUT2D eigenvalue weighted by Gasteiger charge is -2.24. The summed E-state index contributed by atoms with van der Waals surface area (Å²) in [4.78, 5) is 40.8. The van der Waals surface area contributed by atoms with E-state index in [1.54, 1.807) is 0 Å². The molecule has 4 atom stereocenters. The van der Waals surface area contributed by atoms with E-state index < -0.39 is 57.3 Å². The van der Waals surface area contributed by atoms with Gasteiger partial charge in [0.15, 0.2) is 6.10 Å². The number of nitrogens with zero attached hydrogens (tertiary/aromatic N) is 2. The van der Waals surface area contributed by atoms with Crippen molar-refractivity contribution in [1.82, 2.24) is 9.55 Å². The van der Waals surface area contributed by atoms with Crippen molar-refractivity contribution >= 4 is 21.0 Å². The Hall–Kier alpha value is -1.38. The molecule has 12 nitrogen and oxygen atoms in total. The van der Waals surface area contributed by atoms with Gasteiger partial charge in [-0.25, -0.2) is 4.79 Å². The number of aromatic nitrogens is 2. The van der Waals surface area contributed by atoms with Crippen molar-refractivity contribution in [1.29, 1.82) is 0 Å². The molecule has 2 rings (SSSR count). The van der Waals surface area contributed by atoms with Gasteiger partial charge in [-0.05, 0) is 6.07 Å². The summed E-state index contributed by atoms with van der Waals surface area (Å²) in [6.07, 6.45) is -6.78. The van der Waals surface area contributed by atoms with Gasteiger partial charge in [-0.3, -0.25) is 13.7 Å². The van der Waals surface area contributed by atoms with Crippen LogP contribution in [0, 0.1) is 0 Å². The molecule has 1 fully saturated rings. The van der Waals surface area contributed by atoms with E-state index in [4.69, 9.17) is 20.4 Å². The summed E-state index contributed by atoms with van der Waals surface area (Å²) < 4.78 is 85.9. The Morgan fingerprint density at radius 2 is 1.93 bits per heavy atom. The van der Waals surface area contributed by atoms with Gasteiger partial charge in [0.1, 0.15) is 11.9 Å². The van der Waals surface area contributed by atoms with E-state index in [9.17, 15) is 36.6 Å². The predicted octanol–water partition coefficient (Wildman–Crippen LogP) is -0.351. The molecular formula is C10H13F4N3O9P2. The normalized spacial score (nSPS) is 27.5. The summed E-state index contributed by atoms with van der Waals surface area (Å²) in [7, 11) is -12.8. The number of aliphatic hydroxyl groups excluding tert-OH is 1. The van der Waals surface area contributed by atoms with Crippen LogP contribution in [0.2, 0.25) is 0 Å². The van der Waals surface area contributed by atoms with Gasteiger partial charge in [-0.15, -0.1) is 0 Å². The van der Waals surface area contributed by atoms with Gasteiger partial charge >= 0.3 is 32.2 Å². The van der Waals surface area contributed by atoms with Crippen molar-refractivity contribution in [3.05, 3.63) is 22.7 Å². The molecule has 0 bridgehead atoms. The number of halogens is 4. The van der Waals surface area contributed by atoms with Crippen molar-refractivity contribution in [3.8, 4) is 0 Å². The molecule has 0 spiro atoms. The summed E-state index contributed by atoms with van der Waals surface area (Å²) in [5.74, 6) is -4.52. The number of nitrogen functional groups attached to an aromatic ring is 1. The highest BCUT2D eigenvalue weighted by atomic mass is 31.2. The quantitative estimate of drug-likeness (QED) is 0.277. The molecule has 160 valence electrons. The maximum absolute atomic E-state index is 14.2. The van der Waals surface area contributed by atoms with Crippen LogP contribution < -0.4 is 11.4 Å². The van der Waals surface area contributed by atoms with Crippen LogP contribution in [0.15, 0.2) is 17.1 Å². The molecule has 1 unspecified atom stereocenters. The van der Waals surface area contributed by atoms with Crippen LogP contribution in [-0.2, 0) is 18.4 Å². The van der Waals surface area contributed by atoms with E-state index in [0.717, 1.165) is 12.3 Å². The van der Waals surface area contributed by atoms with E-state index in [1.807, 2.05) is 0 Å². The lowest BCUT2D eigenvalue weighted by Crippen LogP contribution is -2.42. The maximum Gasteiger partial charge on any atom is 0.443 e. The van der Waals surface area contributed by atoms with Crippen LogP contribution in [0.25, 0.3) is 0 Å². The molecule has 0 amide bonds. The van der Waals surface area contributed by atoms with Crippen LogP contribution in [0.3, 0.4) is 0 Å². The van der Waals surface area contributed by atoms with Crippen molar-refractivity contribution in [2.24, 2.45) is 0 Å². The fourth-order valence-electron chi connectivity index (χ4n) is 2.13. The molecule has 0 radical (unpaired) electrons. The maximum atomic E-state index is 14.2. The van der Waals surface area contributed by atoms with Crippen LogP contribution in [-0.4, -0.2) is 59.5 Å². The van der Waals surface area contributed by atoms with Crippen LogP contribution in [0.1, 0.15) is 6.23 Å². The van der Waals surface area contributed by atoms with Gasteiger partial charge in [0.05, 0.1) is 6.61 Å². The fourth-order valence-corrected chi connectivity index (χ4v) is 4.12. The SMILES string of the molecule is Nc1ccn([C@@H]2O[C@H](COP(=O)(O)C(F)(F)P(=O)(O)O)[C@@H](O)C2(F)F)c(=O)n1. The third kappa shape index (κ3) is 3.86. The van der Waals surface area contributed by atoms with Gasteiger partial charge in [0, 0.05) is 6.20 Å². The molecule has 1 aliphatic heterocycles. The second kappa shape index (κ2) is 7.15. The van der Waals surface area contributed by atoms with Crippen LogP contribution in [0.4, 0.5) is 23.4 Å². The van der Waals surface area contributed by atoms with Gasteiger partial charge in [-0.1, -0.05) is 0 Å². The third-order valence-corrected chi connectivity index (χ3v) is 7.01. The zero-order valence-electron chi connectivity index (χ0n) is 13.3. The van der Waals surface area contributed by atoms with Crippen molar-refractivity contribution in [3.63, 3.8) is 0 Å². The van der Waals surface area contributed by atoms with Crippen LogP contribution >= 0.6 is 15.2 Å². The first kappa shape index (κ1) is 22.9. The van der Waals surface area contributed by atoms with Gasteiger partial charge in [-0.2, -0.15) is 22.5 Å². The molecular weight excluding hydrogens is 444 g/mol. The third-order valence-electron chi connectivity index (χ3n) is 3.59. The summed E-state index contributed by atoms with van der Waals surface area (Å²) in [6.45, 7) is -1.59. The van der Waals surface area contributed by atoms with Crippen LogP contribution in [0.5, 0.6) is 0 Å². The smallest absolute Gasteiger partial charge is 0.384 e. The van der Waals surface area contributed by atoms with Gasteiger partial charge in [0.25, 0.3) is 0 Å². The average Bonchev–Trinajstić information content (AvgIpc) is 2.75. The molecule has 0 aliphatic carbocycles. The predicted molar refractivity (Wildman–Crippen MR) is 80.5 cm³/mol. The Kier molecular flexibility index (Phi) is 5.84. The molecule has 0 aromatic carbocycles. The van der Waals surface area contributed by atoms with Crippen molar-refractivity contribution < 1.29 is 55.7 Å². The Morgan fingerprint density at radius 1 is 1.36 bits per heavy atom. The molecule has 1 aromatic heterocycles. The van der Waals surface area contributed by atoms with E-state index in [0.29, 0.717) is 0 Å². The molecule has 1 saturated heterocycles. The molecule has 28 heavy (non-hydrogen) atoms. The molecule has 2 heterocycles. The standard InChI is InChI=1S/C10H13F4N3O9P2/c11-9(12)6(18)4(3-25-28(23,24)10(13,14)27(20,21)22)26-7(9)17-2-1-5(15)16-8(17)19/h1-2,4,6-7,18H,3H2,(H,23,24)(H2,15,16,19)(H2,20,21,22)/t4-,6-,7-/m1/s1. The monoisotopic (exact) mass is 457 g/mol. The molecule has 1 aliphatic rings. The lowest BCUT2D eigenvalue weighted by atomic mass is 10.1. The molecule has 0 saturated carbocycles. The summed E-state index contributed by atoms with van der Waals surface area (Å²) in [6, 6.07) is 0.944. The number of hydrogen-bond donors (Lipinski definition) is 5. The number of ether oxygens (including phenoxy) is 1. The highest BCUT2D eigenvalue weighted by Gasteiger charge is 2.66. The Morgan fingerprint density at radius 3 is 2.43 bits per heavy atom. The minimum absolute atomic E-state index is 0.225. The topological polar surface area (TPSA) is 194 Å². The largest absolute Gasteiger partial charge is 0.443 e. The van der Waals surface area contributed by atoms with Crippen molar-refractivity contribution in [2.75, 3.05) is 12.3 Å². The molecule has 18 heteroatoms. The number of anilines is 1. The lowest BCUT2D eigenvalue weighted by molar-refractivity contribution is -0.140. The highest BCUT2D eigenvalue weighted by molar-refractivity contribution is 7.72. The first-order valence-electron chi connectivity index (χ1n) is 6.99. The highest BCUT2D eigenvalue weighted by Crippen LogP contribution is 2.73. The number of hydrogen-bond acceptors (Lipinski definition) is 8. The van der Waals surface area contributed by atoms with E-state index in [2.05, 4.69) is 14.2 Å². The van der Waals surface area contributed by atoms with E-state index >= 15 is 0 Å². The molecule has 6 N–H and O–H groups in total. The Labute approximate surface area is 152 Å². The summed E-state index contributed by atoms with van der Waals surface area (Å²) in [5, 5.41) is 4.09. The molecule has 1 aromatic rings. The average molecular weight is 457 g/mol. The summed E-state index contributed by atoms with van der Waals surface area (Å²) in [5.41, 5.74) is 3.90. The van der Waals surface area contributed by atoms with E-state index in [1.165, 1.54) is 0 Å². The number of nitrogens with two attached hydrogens (primary N) is 1. The first-order valence-corrected chi connectivity index (χ1v) is 10.2.